The van der Waals surface area contributed by atoms with Crippen LogP contribution in [0.1, 0.15) is 24.0 Å². The van der Waals surface area contributed by atoms with Crippen molar-refractivity contribution in [1.29, 1.82) is 0 Å². The van der Waals surface area contributed by atoms with Gasteiger partial charge in [0.05, 0.1) is 40.8 Å². The SMILES string of the molecule is COc1nc(-c2ccnc(-c3cccc(Nc4nccc(CNCC5CCC(=O)N5)c4F)c3Cl)c2Cl)ccc1CNCCO. The molecule has 10 nitrogen and oxygen atoms in total. The lowest BCUT2D eigenvalue weighted by molar-refractivity contribution is -0.119. The minimum absolute atomic E-state index is 0.0233. The number of carbonyl (C=O) groups is 1. The number of anilines is 2. The Balaban J connectivity index is 1.36. The zero-order chi connectivity index (χ0) is 31.1. The number of hydrogen-bond donors (Lipinski definition) is 5. The van der Waals surface area contributed by atoms with Crippen molar-refractivity contribution in [2.45, 2.75) is 32.0 Å². The smallest absolute Gasteiger partial charge is 0.220 e. The second kappa shape index (κ2) is 14.7. The molecule has 1 fully saturated rings. The molecule has 4 aromatic rings. The fourth-order valence-corrected chi connectivity index (χ4v) is 5.49. The Kier molecular flexibility index (Phi) is 10.6. The third kappa shape index (κ3) is 7.25. The number of pyridine rings is 3. The molecule has 0 aliphatic carbocycles. The van der Waals surface area contributed by atoms with Gasteiger partial charge < -0.3 is 31.1 Å². The molecule has 1 saturated heterocycles. The quantitative estimate of drug-likeness (QED) is 0.130. The predicted octanol–water partition coefficient (Wildman–Crippen LogP) is 4.85. The Bertz CT molecular complexity index is 1640. The molecule has 13 heteroatoms. The lowest BCUT2D eigenvalue weighted by Crippen LogP contribution is -2.35. The molecule has 230 valence electrons. The maximum atomic E-state index is 15.4. The maximum Gasteiger partial charge on any atom is 0.220 e. The fraction of sp³-hybridized carbons (Fsp3) is 0.290. The highest BCUT2D eigenvalue weighted by Crippen LogP contribution is 2.40. The number of ether oxygens (including phenoxy) is 1. The number of halogens is 3. The van der Waals surface area contributed by atoms with E-state index in [4.69, 9.17) is 33.0 Å². The molecule has 44 heavy (non-hydrogen) atoms. The van der Waals surface area contributed by atoms with Crippen molar-refractivity contribution >= 4 is 40.6 Å². The molecule has 1 atom stereocenters. The summed E-state index contributed by atoms with van der Waals surface area (Å²) in [7, 11) is 1.54. The summed E-state index contributed by atoms with van der Waals surface area (Å²) in [6.45, 7) is 1.78. The summed E-state index contributed by atoms with van der Waals surface area (Å²) < 4.78 is 20.9. The number of aliphatic hydroxyl groups excluding tert-OH is 1. The van der Waals surface area contributed by atoms with Gasteiger partial charge in [0.15, 0.2) is 11.6 Å². The van der Waals surface area contributed by atoms with Gasteiger partial charge in [-0.25, -0.2) is 14.4 Å². The van der Waals surface area contributed by atoms with Gasteiger partial charge in [0.25, 0.3) is 0 Å². The van der Waals surface area contributed by atoms with E-state index in [9.17, 15) is 4.79 Å². The number of aliphatic hydroxyl groups is 1. The summed E-state index contributed by atoms with van der Waals surface area (Å²) in [5.74, 6) is -0.0144. The molecule has 1 aromatic carbocycles. The molecule has 1 unspecified atom stereocenters. The van der Waals surface area contributed by atoms with E-state index < -0.39 is 5.82 Å². The molecule has 4 heterocycles. The number of methoxy groups -OCH3 is 1. The maximum absolute atomic E-state index is 15.4. The van der Waals surface area contributed by atoms with Crippen molar-refractivity contribution in [3.8, 4) is 28.4 Å². The Morgan fingerprint density at radius 1 is 1.02 bits per heavy atom. The molecular formula is C31H32Cl2FN7O3. The Morgan fingerprint density at radius 3 is 2.61 bits per heavy atom. The summed E-state index contributed by atoms with van der Waals surface area (Å²) in [6.07, 6.45) is 4.41. The summed E-state index contributed by atoms with van der Waals surface area (Å²) in [4.78, 5) is 24.7. The van der Waals surface area contributed by atoms with Crippen molar-refractivity contribution in [2.75, 3.05) is 32.1 Å². The van der Waals surface area contributed by atoms with Gasteiger partial charge in [-0.1, -0.05) is 41.4 Å². The monoisotopic (exact) mass is 639 g/mol. The van der Waals surface area contributed by atoms with Crippen molar-refractivity contribution in [1.82, 2.24) is 30.9 Å². The number of nitrogens with one attached hydrogen (secondary N) is 4. The minimum Gasteiger partial charge on any atom is -0.481 e. The first kappa shape index (κ1) is 31.6. The van der Waals surface area contributed by atoms with Crippen molar-refractivity contribution < 1.29 is 19.0 Å². The molecule has 1 amide bonds. The molecule has 5 N–H and O–H groups in total. The fourth-order valence-electron chi connectivity index (χ4n) is 4.92. The van der Waals surface area contributed by atoms with Gasteiger partial charge in [-0.15, -0.1) is 0 Å². The highest BCUT2D eigenvalue weighted by Gasteiger charge is 2.21. The first-order chi connectivity index (χ1) is 21.4. The Labute approximate surface area is 264 Å². The van der Waals surface area contributed by atoms with Gasteiger partial charge in [0.1, 0.15) is 0 Å². The first-order valence-electron chi connectivity index (χ1n) is 14.1. The third-order valence-corrected chi connectivity index (χ3v) is 7.96. The van der Waals surface area contributed by atoms with Gasteiger partial charge in [-0.05, 0) is 30.7 Å². The van der Waals surface area contributed by atoms with Gasteiger partial charge in [-0.3, -0.25) is 9.78 Å². The predicted molar refractivity (Wildman–Crippen MR) is 169 cm³/mol. The largest absolute Gasteiger partial charge is 0.481 e. The normalized spacial score (nSPS) is 14.5. The number of rotatable bonds is 13. The number of benzene rings is 1. The summed E-state index contributed by atoms with van der Waals surface area (Å²) in [5, 5.41) is 21.9. The minimum atomic E-state index is -0.509. The standard InChI is InChI=1S/C31H32Cl2FN7O3/c1-44-31-19(16-35-13-14-42)5-7-23(41-31)21-10-12-37-29(27(21)33)22-3-2-4-24(26(22)32)40-30-28(34)18(9-11-38-30)15-36-17-20-6-8-25(43)39-20/h2-5,7,9-12,20,35-36,42H,6,8,13-17H2,1H3,(H,38,40)(H,39,43). The number of hydrogen-bond acceptors (Lipinski definition) is 9. The Morgan fingerprint density at radius 2 is 1.84 bits per heavy atom. The van der Waals surface area contributed by atoms with Crippen LogP contribution in [0.2, 0.25) is 10.0 Å². The lowest BCUT2D eigenvalue weighted by atomic mass is 10.1. The van der Waals surface area contributed by atoms with E-state index in [1.54, 1.807) is 43.6 Å². The number of nitrogens with zero attached hydrogens (tertiary/aromatic N) is 3. The van der Waals surface area contributed by atoms with E-state index in [-0.39, 0.29) is 35.9 Å². The second-order valence-electron chi connectivity index (χ2n) is 10.1. The molecular weight excluding hydrogens is 608 g/mol. The lowest BCUT2D eigenvalue weighted by Gasteiger charge is -2.16. The summed E-state index contributed by atoms with van der Waals surface area (Å²) in [6, 6.07) is 12.4. The van der Waals surface area contributed by atoms with Crippen LogP contribution in [0.4, 0.5) is 15.9 Å². The Hall–Kier alpha value is -3.87. The van der Waals surface area contributed by atoms with Crippen molar-refractivity contribution in [3.63, 3.8) is 0 Å². The topological polar surface area (TPSA) is 133 Å². The average Bonchev–Trinajstić information content (AvgIpc) is 3.45. The van der Waals surface area contributed by atoms with E-state index in [0.717, 1.165) is 12.0 Å². The van der Waals surface area contributed by atoms with Crippen LogP contribution in [-0.2, 0) is 17.9 Å². The number of amides is 1. The van der Waals surface area contributed by atoms with Gasteiger partial charge in [0.2, 0.25) is 11.8 Å². The van der Waals surface area contributed by atoms with Crippen LogP contribution in [0.25, 0.3) is 22.5 Å². The zero-order valence-electron chi connectivity index (χ0n) is 24.0. The van der Waals surface area contributed by atoms with Crippen LogP contribution in [-0.4, -0.2) is 58.8 Å². The van der Waals surface area contributed by atoms with E-state index in [1.807, 2.05) is 12.1 Å². The van der Waals surface area contributed by atoms with Crippen LogP contribution in [0.15, 0.2) is 54.9 Å². The molecule has 0 spiro atoms. The van der Waals surface area contributed by atoms with Gasteiger partial charge >= 0.3 is 0 Å². The van der Waals surface area contributed by atoms with Crippen molar-refractivity contribution in [2.24, 2.45) is 0 Å². The summed E-state index contributed by atoms with van der Waals surface area (Å²) >= 11 is 13.7. The molecule has 0 saturated carbocycles. The van der Waals surface area contributed by atoms with E-state index in [0.29, 0.717) is 70.7 Å². The van der Waals surface area contributed by atoms with Crippen LogP contribution in [0.3, 0.4) is 0 Å². The first-order valence-corrected chi connectivity index (χ1v) is 14.8. The van der Waals surface area contributed by atoms with Crippen LogP contribution < -0.4 is 26.0 Å². The van der Waals surface area contributed by atoms with Gasteiger partial charge in [0, 0.05) is 73.3 Å². The van der Waals surface area contributed by atoms with Crippen LogP contribution in [0, 0.1) is 5.82 Å². The molecule has 0 radical (unpaired) electrons. The zero-order valence-corrected chi connectivity index (χ0v) is 25.5. The highest BCUT2D eigenvalue weighted by molar-refractivity contribution is 6.39. The highest BCUT2D eigenvalue weighted by atomic mass is 35.5. The molecule has 3 aromatic heterocycles. The molecule has 0 bridgehead atoms. The van der Waals surface area contributed by atoms with Gasteiger partial charge in [-0.2, -0.15) is 0 Å². The third-order valence-electron chi connectivity index (χ3n) is 7.17. The summed E-state index contributed by atoms with van der Waals surface area (Å²) in [5.41, 5.74) is 3.87. The molecule has 1 aliphatic heterocycles. The van der Waals surface area contributed by atoms with E-state index in [1.165, 1.54) is 6.20 Å². The number of carbonyl (C=O) groups excluding carboxylic acids is 1. The molecule has 1 aliphatic rings. The van der Waals surface area contributed by atoms with E-state index >= 15 is 4.39 Å². The average molecular weight is 641 g/mol. The van der Waals surface area contributed by atoms with Crippen LogP contribution >= 0.6 is 23.2 Å². The number of aromatic nitrogens is 3. The second-order valence-corrected chi connectivity index (χ2v) is 10.9. The molecule has 5 rings (SSSR count). The van der Waals surface area contributed by atoms with Crippen LogP contribution in [0.5, 0.6) is 5.88 Å². The van der Waals surface area contributed by atoms with E-state index in [2.05, 4.69) is 36.2 Å². The van der Waals surface area contributed by atoms with Crippen molar-refractivity contribution in [3.05, 3.63) is 81.8 Å².